The van der Waals surface area contributed by atoms with Crippen LogP contribution in [-0.2, 0) is 10.8 Å². The molecule has 0 bridgehead atoms. The van der Waals surface area contributed by atoms with Gasteiger partial charge < -0.3 is 4.90 Å². The number of anilines is 3. The molecule has 12 rings (SSSR count). The van der Waals surface area contributed by atoms with Gasteiger partial charge in [0.1, 0.15) is 0 Å². The van der Waals surface area contributed by atoms with Gasteiger partial charge in [-0.25, -0.2) is 0 Å². The molecule has 2 unspecified atom stereocenters. The molecule has 10 aromatic carbocycles. The largest absolute Gasteiger partial charge is 0.310 e. The Labute approximate surface area is 369 Å². The van der Waals surface area contributed by atoms with Crippen molar-refractivity contribution in [3.05, 3.63) is 305 Å². The van der Waals surface area contributed by atoms with E-state index in [1.54, 1.807) is 0 Å². The Balaban J connectivity index is 1.12. The summed E-state index contributed by atoms with van der Waals surface area (Å²) in [4.78, 5) is 2.42. The number of nitrogens with zero attached hydrogens (tertiary/aromatic N) is 1. The third kappa shape index (κ3) is 5.56. The summed E-state index contributed by atoms with van der Waals surface area (Å²) in [5, 5.41) is 0. The topological polar surface area (TPSA) is 3.24 Å². The second-order valence-electron chi connectivity index (χ2n) is 16.8. The molecule has 0 aromatic heterocycles. The molecule has 0 heterocycles. The van der Waals surface area contributed by atoms with Crippen LogP contribution in [0.5, 0.6) is 0 Å². The summed E-state index contributed by atoms with van der Waals surface area (Å²) in [5.74, 6) is 0. The molecule has 0 N–H and O–H groups in total. The summed E-state index contributed by atoms with van der Waals surface area (Å²) in [7, 11) is 0. The van der Waals surface area contributed by atoms with E-state index >= 15 is 0 Å². The second-order valence-corrected chi connectivity index (χ2v) is 16.8. The Kier molecular flexibility index (Phi) is 8.69. The first kappa shape index (κ1) is 36.8. The van der Waals surface area contributed by atoms with Gasteiger partial charge in [-0.05, 0) is 114 Å². The smallest absolute Gasteiger partial charge is 0.0720 e. The minimum Gasteiger partial charge on any atom is -0.310 e. The molecule has 0 spiro atoms. The lowest BCUT2D eigenvalue weighted by atomic mass is 9.51. The minimum absolute atomic E-state index is 0.497. The zero-order valence-electron chi connectivity index (χ0n) is 34.8. The molecule has 0 saturated carbocycles. The van der Waals surface area contributed by atoms with Crippen LogP contribution in [0.2, 0.25) is 0 Å². The molecular weight excluding hydrogens is 759 g/mol. The maximum atomic E-state index is 2.46. The average molecular weight is 802 g/mol. The van der Waals surface area contributed by atoms with Crippen molar-refractivity contribution in [2.24, 2.45) is 0 Å². The molecule has 0 aliphatic heterocycles. The van der Waals surface area contributed by atoms with Crippen LogP contribution in [0, 0.1) is 0 Å². The van der Waals surface area contributed by atoms with E-state index in [1.807, 2.05) is 0 Å². The average Bonchev–Trinajstić information content (AvgIpc) is 3.68. The zero-order valence-corrected chi connectivity index (χ0v) is 34.8. The first-order chi connectivity index (χ1) is 31.3. The molecule has 10 aromatic rings. The van der Waals surface area contributed by atoms with Crippen LogP contribution in [0.3, 0.4) is 0 Å². The number of fused-ring (bicyclic) bond motifs is 5. The lowest BCUT2D eigenvalue weighted by Gasteiger charge is -2.49. The van der Waals surface area contributed by atoms with E-state index in [4.69, 9.17) is 0 Å². The lowest BCUT2D eigenvalue weighted by molar-refractivity contribution is 0.627. The van der Waals surface area contributed by atoms with Crippen LogP contribution in [0.25, 0.3) is 33.4 Å². The predicted molar refractivity (Wildman–Crippen MR) is 261 cm³/mol. The molecule has 1 nitrogen and oxygen atoms in total. The maximum Gasteiger partial charge on any atom is 0.0720 e. The predicted octanol–water partition coefficient (Wildman–Crippen LogP) is 15.5. The molecule has 2 aliphatic rings. The molecular formula is C62H43N. The van der Waals surface area contributed by atoms with Crippen molar-refractivity contribution in [2.75, 3.05) is 4.90 Å². The fourth-order valence-corrected chi connectivity index (χ4v) is 11.0. The van der Waals surface area contributed by atoms with Crippen molar-refractivity contribution in [1.29, 1.82) is 0 Å². The van der Waals surface area contributed by atoms with Crippen molar-refractivity contribution in [2.45, 2.75) is 10.8 Å². The summed E-state index contributed by atoms with van der Waals surface area (Å²) in [6.07, 6.45) is 0. The summed E-state index contributed by atoms with van der Waals surface area (Å²) < 4.78 is 0. The monoisotopic (exact) mass is 801 g/mol. The molecule has 296 valence electrons. The van der Waals surface area contributed by atoms with Crippen molar-refractivity contribution in [1.82, 2.24) is 0 Å². The van der Waals surface area contributed by atoms with Crippen molar-refractivity contribution >= 4 is 17.1 Å². The summed E-state index contributed by atoms with van der Waals surface area (Å²) in [6.45, 7) is 0. The fourth-order valence-electron chi connectivity index (χ4n) is 11.0. The van der Waals surface area contributed by atoms with Crippen LogP contribution in [0.1, 0.15) is 44.5 Å². The minimum atomic E-state index is -0.653. The fraction of sp³-hybridized carbons (Fsp3) is 0.0323. The van der Waals surface area contributed by atoms with E-state index in [9.17, 15) is 0 Å². The van der Waals surface area contributed by atoms with Gasteiger partial charge in [0.05, 0.1) is 10.8 Å². The molecule has 0 saturated heterocycles. The van der Waals surface area contributed by atoms with E-state index in [1.165, 1.54) is 77.9 Å². The number of hydrogen-bond donors (Lipinski definition) is 0. The van der Waals surface area contributed by atoms with E-state index in [2.05, 4.69) is 266 Å². The Morgan fingerprint density at radius 2 is 0.635 bits per heavy atom. The highest BCUT2D eigenvalue weighted by atomic mass is 15.1. The highest BCUT2D eigenvalue weighted by molar-refractivity contribution is 5.92. The van der Waals surface area contributed by atoms with Crippen molar-refractivity contribution < 1.29 is 0 Å². The summed E-state index contributed by atoms with van der Waals surface area (Å²) in [5.41, 5.74) is 19.9. The van der Waals surface area contributed by atoms with Crippen LogP contribution in [0.4, 0.5) is 17.1 Å². The van der Waals surface area contributed by atoms with Gasteiger partial charge in [0.2, 0.25) is 0 Å². The van der Waals surface area contributed by atoms with Crippen LogP contribution in [0.15, 0.2) is 261 Å². The van der Waals surface area contributed by atoms with Crippen LogP contribution in [-0.4, -0.2) is 0 Å². The molecule has 0 fully saturated rings. The Hall–Kier alpha value is -8.00. The highest BCUT2D eigenvalue weighted by Crippen LogP contribution is 2.65. The number of rotatable bonds is 8. The standard InChI is InChI=1S/C62H43N/c1-5-19-44(20-6-1)46-35-39-51(40-36-46)63(52-41-37-47(38-42-52)45-21-7-2-8-22-45)53-28-17-27-50(43-53)61(48-23-9-3-10-24-48)57-32-15-16-33-58(57)62(49-25-11-4-12-26-49)56-31-14-13-29-54(56)55-30-18-34-59(61)60(55)62/h1-43H. The quantitative estimate of drug-likeness (QED) is 0.148. The maximum absolute atomic E-state index is 2.46. The van der Waals surface area contributed by atoms with Gasteiger partial charge in [0, 0.05) is 17.1 Å². The van der Waals surface area contributed by atoms with Crippen molar-refractivity contribution in [3.63, 3.8) is 0 Å². The third-order valence-corrected chi connectivity index (χ3v) is 13.6. The van der Waals surface area contributed by atoms with Crippen LogP contribution < -0.4 is 4.90 Å². The van der Waals surface area contributed by atoms with Gasteiger partial charge in [-0.3, -0.25) is 0 Å². The molecule has 2 aliphatic carbocycles. The van der Waals surface area contributed by atoms with E-state index < -0.39 is 10.8 Å². The van der Waals surface area contributed by atoms with E-state index in [0.717, 1.165) is 17.1 Å². The summed E-state index contributed by atoms with van der Waals surface area (Å²) >= 11 is 0. The normalized spacial score (nSPS) is 16.7. The Morgan fingerprint density at radius 3 is 1.21 bits per heavy atom. The van der Waals surface area contributed by atoms with Gasteiger partial charge in [0.15, 0.2) is 0 Å². The molecule has 1 heteroatoms. The molecule has 2 atom stereocenters. The van der Waals surface area contributed by atoms with Crippen molar-refractivity contribution in [3.8, 4) is 33.4 Å². The highest BCUT2D eigenvalue weighted by Gasteiger charge is 2.57. The molecule has 0 radical (unpaired) electrons. The number of hydrogen-bond acceptors (Lipinski definition) is 1. The third-order valence-electron chi connectivity index (χ3n) is 13.6. The first-order valence-corrected chi connectivity index (χ1v) is 21.9. The van der Waals surface area contributed by atoms with Crippen LogP contribution >= 0.6 is 0 Å². The van der Waals surface area contributed by atoms with Gasteiger partial charge in [-0.15, -0.1) is 0 Å². The van der Waals surface area contributed by atoms with Gasteiger partial charge in [0.25, 0.3) is 0 Å². The van der Waals surface area contributed by atoms with Gasteiger partial charge in [-0.1, -0.05) is 224 Å². The number of benzene rings is 10. The SMILES string of the molecule is c1ccc(-c2ccc(N(c3ccc(-c4ccccc4)cc3)c3cccc(C4(c5ccccc5)c5ccccc5C5(c6ccccc6)c6ccccc6-c6cccc4c65)c3)cc2)cc1. The van der Waals surface area contributed by atoms with Gasteiger partial charge in [-0.2, -0.15) is 0 Å². The summed E-state index contributed by atoms with van der Waals surface area (Å²) in [6, 6.07) is 96.5. The van der Waals surface area contributed by atoms with Gasteiger partial charge >= 0.3 is 0 Å². The Morgan fingerprint density at radius 1 is 0.238 bits per heavy atom. The zero-order chi connectivity index (χ0) is 41.8. The molecule has 63 heavy (non-hydrogen) atoms. The second kappa shape index (κ2) is 14.9. The van der Waals surface area contributed by atoms with E-state index in [-0.39, 0.29) is 0 Å². The van der Waals surface area contributed by atoms with E-state index in [0.29, 0.717) is 0 Å². The molecule has 0 amide bonds. The lowest BCUT2D eigenvalue weighted by Crippen LogP contribution is -2.44. The first-order valence-electron chi connectivity index (χ1n) is 21.9. The Bertz CT molecular complexity index is 3170.